The van der Waals surface area contributed by atoms with E-state index in [1.54, 1.807) is 34.9 Å². The van der Waals surface area contributed by atoms with Crippen LogP contribution in [0.5, 0.6) is 0 Å². The molecule has 29 heavy (non-hydrogen) atoms. The first kappa shape index (κ1) is 19.6. The van der Waals surface area contributed by atoms with Crippen LogP contribution in [-0.2, 0) is 11.3 Å². The second kappa shape index (κ2) is 8.34. The summed E-state index contributed by atoms with van der Waals surface area (Å²) in [6, 6.07) is 10.3. The summed E-state index contributed by atoms with van der Waals surface area (Å²) in [7, 11) is 0. The number of aromatic nitrogens is 2. The van der Waals surface area contributed by atoms with Gasteiger partial charge in [0.2, 0.25) is 5.78 Å². The van der Waals surface area contributed by atoms with Crippen molar-refractivity contribution in [3.63, 3.8) is 0 Å². The monoisotopic (exact) mass is 471 g/mol. The molecule has 148 valence electrons. The summed E-state index contributed by atoms with van der Waals surface area (Å²) in [5.74, 6) is -1.29. The zero-order chi connectivity index (χ0) is 20.4. The summed E-state index contributed by atoms with van der Waals surface area (Å²) in [5, 5.41) is 12.4. The van der Waals surface area contributed by atoms with Crippen molar-refractivity contribution in [2.75, 3.05) is 6.54 Å². The second-order valence-electron chi connectivity index (χ2n) is 6.68. The number of aliphatic hydroxyl groups excluding tert-OH is 1. The molecule has 0 radical (unpaired) electrons. The number of carbonyl (C=O) groups is 2. The molecule has 3 aromatic rings. The quantitative estimate of drug-likeness (QED) is 0.518. The Morgan fingerprint density at radius 1 is 1.24 bits per heavy atom. The van der Waals surface area contributed by atoms with Gasteiger partial charge < -0.3 is 14.6 Å². The fourth-order valence-electron chi connectivity index (χ4n) is 3.52. The van der Waals surface area contributed by atoms with Crippen molar-refractivity contribution in [2.45, 2.75) is 19.0 Å². The fraction of sp³-hybridized carbons (Fsp3) is 0.190. The molecule has 4 rings (SSSR count). The first-order valence-corrected chi connectivity index (χ1v) is 10.8. The lowest BCUT2D eigenvalue weighted by Gasteiger charge is -2.27. The highest BCUT2D eigenvalue weighted by atomic mass is 79.9. The molecular formula is C21H18BrN3O3S. The van der Waals surface area contributed by atoms with Gasteiger partial charge >= 0.3 is 0 Å². The molecular weight excluding hydrogens is 454 g/mol. The van der Waals surface area contributed by atoms with Crippen LogP contribution in [0.15, 0.2) is 76.3 Å². The smallest absolute Gasteiger partial charge is 0.290 e. The van der Waals surface area contributed by atoms with Crippen molar-refractivity contribution in [1.29, 1.82) is 0 Å². The first-order chi connectivity index (χ1) is 14.1. The molecule has 1 unspecified atom stereocenters. The number of imidazole rings is 1. The normalized spacial score (nSPS) is 16.7. The largest absolute Gasteiger partial charge is 0.503 e. The van der Waals surface area contributed by atoms with E-state index in [0.29, 0.717) is 24.4 Å². The highest BCUT2D eigenvalue weighted by molar-refractivity contribution is 9.10. The van der Waals surface area contributed by atoms with Gasteiger partial charge in [0, 0.05) is 30.0 Å². The van der Waals surface area contributed by atoms with E-state index in [1.807, 2.05) is 35.0 Å². The predicted octanol–water partition coefficient (Wildman–Crippen LogP) is 4.38. The van der Waals surface area contributed by atoms with Crippen LogP contribution in [-0.4, -0.2) is 37.8 Å². The molecule has 3 heterocycles. The Morgan fingerprint density at radius 3 is 2.79 bits per heavy atom. The van der Waals surface area contributed by atoms with Gasteiger partial charge in [-0.25, -0.2) is 4.98 Å². The maximum atomic E-state index is 13.1. The van der Waals surface area contributed by atoms with E-state index in [-0.39, 0.29) is 11.4 Å². The van der Waals surface area contributed by atoms with E-state index < -0.39 is 17.7 Å². The summed E-state index contributed by atoms with van der Waals surface area (Å²) in [4.78, 5) is 32.1. The molecule has 1 N–H and O–H groups in total. The number of hydrogen-bond donors (Lipinski definition) is 1. The van der Waals surface area contributed by atoms with Gasteiger partial charge in [0.15, 0.2) is 5.76 Å². The van der Waals surface area contributed by atoms with Crippen molar-refractivity contribution in [3.05, 3.63) is 86.7 Å². The number of Topliss-reactive ketones (excluding diaryl/α,β-unsaturated/α-hetero) is 1. The maximum Gasteiger partial charge on any atom is 0.290 e. The Hall–Kier alpha value is -2.71. The third kappa shape index (κ3) is 3.90. The topological polar surface area (TPSA) is 75.4 Å². The van der Waals surface area contributed by atoms with Gasteiger partial charge in [-0.1, -0.05) is 34.1 Å². The number of benzene rings is 1. The highest BCUT2D eigenvalue weighted by Crippen LogP contribution is 2.40. The molecule has 1 atom stereocenters. The van der Waals surface area contributed by atoms with E-state index in [4.69, 9.17) is 0 Å². The maximum absolute atomic E-state index is 13.1. The van der Waals surface area contributed by atoms with Crippen molar-refractivity contribution >= 4 is 39.0 Å². The zero-order valence-electron chi connectivity index (χ0n) is 15.4. The predicted molar refractivity (Wildman–Crippen MR) is 114 cm³/mol. The number of carbonyl (C=O) groups excluding carboxylic acids is 2. The molecule has 1 aliphatic rings. The Morgan fingerprint density at radius 2 is 2.10 bits per heavy atom. The van der Waals surface area contributed by atoms with Crippen LogP contribution in [0.1, 0.15) is 27.7 Å². The number of aliphatic hydroxyl groups is 1. The van der Waals surface area contributed by atoms with Gasteiger partial charge in [-0.05, 0) is 35.6 Å². The van der Waals surface area contributed by atoms with Crippen molar-refractivity contribution in [3.8, 4) is 0 Å². The Balaban J connectivity index is 1.67. The highest BCUT2D eigenvalue weighted by Gasteiger charge is 2.43. The lowest BCUT2D eigenvalue weighted by Crippen LogP contribution is -2.32. The van der Waals surface area contributed by atoms with Crippen molar-refractivity contribution in [1.82, 2.24) is 14.5 Å². The number of rotatable bonds is 7. The van der Waals surface area contributed by atoms with Crippen LogP contribution in [0.3, 0.4) is 0 Å². The van der Waals surface area contributed by atoms with Crippen LogP contribution in [0, 0.1) is 0 Å². The Labute approximate surface area is 180 Å². The van der Waals surface area contributed by atoms with E-state index in [2.05, 4.69) is 20.9 Å². The SMILES string of the molecule is O=C(C1=C(O)C(=O)N(CCCn2ccnc2)C1c1cccc(Br)c1)c1cccs1. The molecule has 1 aromatic carbocycles. The minimum absolute atomic E-state index is 0.137. The lowest BCUT2D eigenvalue weighted by molar-refractivity contribution is -0.129. The number of halogens is 1. The minimum atomic E-state index is -0.627. The average molecular weight is 472 g/mol. The molecule has 2 aromatic heterocycles. The van der Waals surface area contributed by atoms with Gasteiger partial charge in [0.25, 0.3) is 5.91 Å². The summed E-state index contributed by atoms with van der Waals surface area (Å²) in [6.07, 6.45) is 5.95. The molecule has 8 heteroatoms. The number of nitrogens with zero attached hydrogens (tertiary/aromatic N) is 3. The van der Waals surface area contributed by atoms with Crippen LogP contribution >= 0.6 is 27.3 Å². The van der Waals surface area contributed by atoms with E-state index >= 15 is 0 Å². The van der Waals surface area contributed by atoms with E-state index in [1.165, 1.54) is 11.3 Å². The summed E-state index contributed by atoms with van der Waals surface area (Å²) >= 11 is 4.75. The number of thiophene rings is 1. The van der Waals surface area contributed by atoms with Gasteiger partial charge in [-0.2, -0.15) is 0 Å². The number of amides is 1. The summed E-state index contributed by atoms with van der Waals surface area (Å²) in [6.45, 7) is 1.09. The molecule has 0 bridgehead atoms. The molecule has 0 saturated carbocycles. The number of ketones is 1. The molecule has 0 fully saturated rings. The van der Waals surface area contributed by atoms with E-state index in [0.717, 1.165) is 10.0 Å². The van der Waals surface area contributed by atoms with E-state index in [9.17, 15) is 14.7 Å². The molecule has 0 saturated heterocycles. The van der Waals surface area contributed by atoms with Crippen LogP contribution in [0.25, 0.3) is 0 Å². The third-order valence-electron chi connectivity index (χ3n) is 4.83. The summed E-state index contributed by atoms with van der Waals surface area (Å²) in [5.41, 5.74) is 0.914. The standard InChI is InChI=1S/C21H18BrN3O3S/c22-15-5-1-4-14(12-15)18-17(19(26)16-6-2-11-29-16)20(27)21(28)25(18)9-3-8-24-10-7-23-13-24/h1-2,4-7,10-13,18,27H,3,8-9H2. The molecule has 0 aliphatic carbocycles. The van der Waals surface area contributed by atoms with Crippen LogP contribution < -0.4 is 0 Å². The fourth-order valence-corrected chi connectivity index (χ4v) is 4.62. The van der Waals surface area contributed by atoms with Crippen LogP contribution in [0.2, 0.25) is 0 Å². The van der Waals surface area contributed by atoms with Crippen LogP contribution in [0.4, 0.5) is 0 Å². The molecule has 6 nitrogen and oxygen atoms in total. The molecule has 1 amide bonds. The van der Waals surface area contributed by atoms with Gasteiger partial charge in [-0.3, -0.25) is 9.59 Å². The average Bonchev–Trinajstić information content (AvgIpc) is 3.46. The van der Waals surface area contributed by atoms with Gasteiger partial charge in [0.05, 0.1) is 22.8 Å². The Bertz CT molecular complexity index is 1060. The van der Waals surface area contributed by atoms with Gasteiger partial charge in [-0.15, -0.1) is 11.3 Å². The number of aryl methyl sites for hydroxylation is 1. The lowest BCUT2D eigenvalue weighted by atomic mass is 9.95. The van der Waals surface area contributed by atoms with Crippen molar-refractivity contribution in [2.24, 2.45) is 0 Å². The molecule has 0 spiro atoms. The first-order valence-electron chi connectivity index (χ1n) is 9.10. The zero-order valence-corrected chi connectivity index (χ0v) is 17.8. The number of hydrogen-bond acceptors (Lipinski definition) is 5. The van der Waals surface area contributed by atoms with Gasteiger partial charge in [0.1, 0.15) is 0 Å². The second-order valence-corrected chi connectivity index (χ2v) is 8.54. The third-order valence-corrected chi connectivity index (χ3v) is 6.19. The van der Waals surface area contributed by atoms with Crippen molar-refractivity contribution < 1.29 is 14.7 Å². The Kier molecular flexibility index (Phi) is 5.64. The minimum Gasteiger partial charge on any atom is -0.503 e. The summed E-state index contributed by atoms with van der Waals surface area (Å²) < 4.78 is 2.77. The molecule has 1 aliphatic heterocycles.